The van der Waals surface area contributed by atoms with Gasteiger partial charge in [-0.05, 0) is 31.2 Å². The van der Waals surface area contributed by atoms with Crippen LogP contribution in [0.3, 0.4) is 0 Å². The van der Waals surface area contributed by atoms with E-state index in [0.29, 0.717) is 13.0 Å². The first kappa shape index (κ1) is 13.1. The zero-order valence-corrected chi connectivity index (χ0v) is 13.3. The number of benzene rings is 1. The van der Waals surface area contributed by atoms with Gasteiger partial charge in [0.2, 0.25) is 0 Å². The second-order valence-corrected chi connectivity index (χ2v) is 7.89. The number of nitrogens with zero attached hydrogens (tertiary/aromatic N) is 2. The van der Waals surface area contributed by atoms with Gasteiger partial charge in [0, 0.05) is 23.3 Å². The number of thiazole rings is 1. The van der Waals surface area contributed by atoms with Crippen molar-refractivity contribution in [1.29, 1.82) is 5.26 Å². The fourth-order valence-electron chi connectivity index (χ4n) is 2.65. The molecule has 1 aliphatic carbocycles. The predicted molar refractivity (Wildman–Crippen MR) is 87.1 cm³/mol. The molecule has 0 bridgehead atoms. The maximum atomic E-state index is 8.91. The lowest BCUT2D eigenvalue weighted by atomic mass is 10.1. The average molecular weight is 314 g/mol. The van der Waals surface area contributed by atoms with E-state index in [2.05, 4.69) is 28.6 Å². The number of aromatic nitrogens is 1. The van der Waals surface area contributed by atoms with E-state index in [1.807, 2.05) is 6.92 Å². The summed E-state index contributed by atoms with van der Waals surface area (Å²) in [5.74, 6) is 0.937. The molecule has 0 radical (unpaired) electrons. The molecule has 21 heavy (non-hydrogen) atoms. The summed E-state index contributed by atoms with van der Waals surface area (Å²) in [7, 11) is 0. The summed E-state index contributed by atoms with van der Waals surface area (Å²) in [6, 6.07) is 6.50. The number of fused-ring (bicyclic) bond motifs is 3. The van der Waals surface area contributed by atoms with Gasteiger partial charge in [-0.25, -0.2) is 4.98 Å². The molecule has 0 saturated heterocycles. The summed E-state index contributed by atoms with van der Waals surface area (Å²) in [6.45, 7) is 2.69. The summed E-state index contributed by atoms with van der Waals surface area (Å²) in [5, 5.41) is 13.2. The van der Waals surface area contributed by atoms with E-state index in [1.165, 1.54) is 9.40 Å². The smallest absolute Gasteiger partial charge is 0.129 e. The molecule has 3 nitrogen and oxygen atoms in total. The van der Waals surface area contributed by atoms with E-state index in [0.717, 1.165) is 34.5 Å². The van der Waals surface area contributed by atoms with Gasteiger partial charge in [0.1, 0.15) is 5.75 Å². The summed E-state index contributed by atoms with van der Waals surface area (Å²) >= 11 is 3.42. The van der Waals surface area contributed by atoms with Crippen molar-refractivity contribution in [3.05, 3.63) is 22.5 Å². The van der Waals surface area contributed by atoms with Crippen LogP contribution in [0.25, 0.3) is 20.3 Å². The quantitative estimate of drug-likeness (QED) is 0.688. The zero-order chi connectivity index (χ0) is 14.4. The molecular weight excluding hydrogens is 300 g/mol. The Bertz CT molecular complexity index is 868. The minimum Gasteiger partial charge on any atom is -0.492 e. The molecule has 5 heteroatoms. The Balaban J connectivity index is 1.73. The molecule has 0 spiro atoms. The van der Waals surface area contributed by atoms with Gasteiger partial charge in [0.05, 0.1) is 32.6 Å². The molecule has 2 heterocycles. The Morgan fingerprint density at radius 3 is 3.10 bits per heavy atom. The molecule has 0 amide bonds. The third-order valence-corrected chi connectivity index (χ3v) is 5.95. The second-order valence-electron chi connectivity index (χ2n) is 5.74. The molecule has 1 saturated carbocycles. The molecule has 0 unspecified atom stereocenters. The zero-order valence-electron chi connectivity index (χ0n) is 11.7. The van der Waals surface area contributed by atoms with E-state index in [4.69, 9.17) is 10.00 Å². The highest BCUT2D eigenvalue weighted by Crippen LogP contribution is 2.49. The van der Waals surface area contributed by atoms with Gasteiger partial charge in [-0.3, -0.25) is 0 Å². The fourth-order valence-corrected chi connectivity index (χ4v) is 4.49. The Morgan fingerprint density at radius 1 is 1.48 bits per heavy atom. The summed E-state index contributed by atoms with van der Waals surface area (Å²) in [6.07, 6.45) is 2.81. The van der Waals surface area contributed by atoms with E-state index in [1.54, 1.807) is 22.7 Å². The maximum Gasteiger partial charge on any atom is 0.129 e. The number of ether oxygens (including phenoxy) is 1. The molecule has 106 valence electrons. The largest absolute Gasteiger partial charge is 0.492 e. The van der Waals surface area contributed by atoms with Crippen LogP contribution in [-0.4, -0.2) is 11.6 Å². The van der Waals surface area contributed by atoms with Crippen molar-refractivity contribution < 1.29 is 4.74 Å². The van der Waals surface area contributed by atoms with Crippen molar-refractivity contribution in [2.45, 2.75) is 26.2 Å². The van der Waals surface area contributed by atoms with Crippen LogP contribution in [0.2, 0.25) is 0 Å². The summed E-state index contributed by atoms with van der Waals surface area (Å²) < 4.78 is 8.50. The van der Waals surface area contributed by atoms with E-state index < -0.39 is 0 Å². The van der Waals surface area contributed by atoms with E-state index in [9.17, 15) is 0 Å². The van der Waals surface area contributed by atoms with Crippen molar-refractivity contribution in [3.63, 3.8) is 0 Å². The number of thiophene rings is 1. The summed E-state index contributed by atoms with van der Waals surface area (Å²) in [5.41, 5.74) is 1.20. The third kappa shape index (κ3) is 2.19. The van der Waals surface area contributed by atoms with Crippen molar-refractivity contribution in [2.24, 2.45) is 5.41 Å². The first-order valence-electron chi connectivity index (χ1n) is 6.98. The SMILES string of the molecule is Cc1nc2c(cc(OCC3(CC#N)CC3)c3ccsc32)s1. The molecule has 0 atom stereocenters. The normalized spacial score (nSPS) is 16.2. The lowest BCUT2D eigenvalue weighted by molar-refractivity contribution is 0.239. The van der Waals surface area contributed by atoms with Crippen molar-refractivity contribution in [3.8, 4) is 11.8 Å². The Kier molecular flexibility index (Phi) is 2.91. The van der Waals surface area contributed by atoms with Gasteiger partial charge in [-0.2, -0.15) is 5.26 Å². The van der Waals surface area contributed by atoms with Gasteiger partial charge in [-0.1, -0.05) is 0 Å². The van der Waals surface area contributed by atoms with Crippen LogP contribution in [0.15, 0.2) is 17.5 Å². The monoisotopic (exact) mass is 314 g/mol. The highest BCUT2D eigenvalue weighted by Gasteiger charge is 2.43. The Hall–Kier alpha value is -1.64. The van der Waals surface area contributed by atoms with Crippen molar-refractivity contribution in [1.82, 2.24) is 4.98 Å². The number of hydrogen-bond donors (Lipinski definition) is 0. The van der Waals surface area contributed by atoms with Crippen molar-refractivity contribution in [2.75, 3.05) is 6.61 Å². The van der Waals surface area contributed by atoms with Gasteiger partial charge in [0.15, 0.2) is 0 Å². The molecular formula is C16H14N2OS2. The average Bonchev–Trinajstić information content (AvgIpc) is 2.89. The molecule has 4 rings (SSSR count). The van der Waals surface area contributed by atoms with E-state index >= 15 is 0 Å². The molecule has 0 N–H and O–H groups in total. The lowest BCUT2D eigenvalue weighted by Crippen LogP contribution is -2.12. The van der Waals surface area contributed by atoms with Crippen LogP contribution < -0.4 is 4.74 Å². The first-order chi connectivity index (χ1) is 10.2. The van der Waals surface area contributed by atoms with Crippen LogP contribution in [0, 0.1) is 23.7 Å². The first-order valence-corrected chi connectivity index (χ1v) is 8.67. The van der Waals surface area contributed by atoms with Gasteiger partial charge in [0.25, 0.3) is 0 Å². The van der Waals surface area contributed by atoms with Gasteiger partial charge in [-0.15, -0.1) is 22.7 Å². The molecule has 1 fully saturated rings. The summed E-state index contributed by atoms with van der Waals surface area (Å²) in [4.78, 5) is 4.64. The second kappa shape index (κ2) is 4.69. The number of hydrogen-bond acceptors (Lipinski definition) is 5. The van der Waals surface area contributed by atoms with E-state index in [-0.39, 0.29) is 5.41 Å². The predicted octanol–water partition coefficient (Wildman–Crippen LogP) is 4.89. The molecule has 1 aromatic carbocycles. The standard InChI is InChI=1S/C16H14N2OS2/c1-10-18-14-13(21-10)8-12(11-2-7-20-15(11)14)19-9-16(3-4-16)5-6-17/h2,7-8H,3-5,9H2,1H3. The van der Waals surface area contributed by atoms with Gasteiger partial charge >= 0.3 is 0 Å². The minimum atomic E-state index is 0.107. The Morgan fingerprint density at radius 2 is 2.33 bits per heavy atom. The lowest BCUT2D eigenvalue weighted by Gasteiger charge is -2.13. The van der Waals surface area contributed by atoms with Crippen LogP contribution >= 0.6 is 22.7 Å². The highest BCUT2D eigenvalue weighted by molar-refractivity contribution is 7.21. The van der Waals surface area contributed by atoms with Crippen molar-refractivity contribution >= 4 is 43.0 Å². The molecule has 3 aromatic rings. The highest BCUT2D eigenvalue weighted by atomic mass is 32.1. The number of aryl methyl sites for hydroxylation is 1. The Labute approximate surface area is 130 Å². The van der Waals surface area contributed by atoms with Crippen LogP contribution in [0.5, 0.6) is 5.75 Å². The molecule has 1 aliphatic rings. The third-order valence-electron chi connectivity index (χ3n) is 4.11. The van der Waals surface area contributed by atoms with Crippen LogP contribution in [0.1, 0.15) is 24.3 Å². The minimum absolute atomic E-state index is 0.107. The maximum absolute atomic E-state index is 8.91. The number of nitriles is 1. The van der Waals surface area contributed by atoms with Crippen LogP contribution in [-0.2, 0) is 0 Å². The topological polar surface area (TPSA) is 45.9 Å². The molecule has 2 aromatic heterocycles. The molecule has 0 aliphatic heterocycles. The van der Waals surface area contributed by atoms with Gasteiger partial charge < -0.3 is 4.74 Å². The van der Waals surface area contributed by atoms with Crippen LogP contribution in [0.4, 0.5) is 0 Å². The fraction of sp³-hybridized carbons (Fsp3) is 0.375. The number of rotatable bonds is 4.